The third-order valence-corrected chi connectivity index (χ3v) is 2.05. The standard InChI is InChI=1S/3C4H6N2.3CH4O3S/c3*1-6-3-2-5-4-6;3*1-5(2,3)4/h3*2-4H,1H3;3*1H3,(H,2,3,4). The fourth-order valence-electron chi connectivity index (χ4n) is 1.09. The fraction of sp³-hybridized carbons (Fsp3) is 0.400. The average molecular weight is 535 g/mol. The van der Waals surface area contributed by atoms with Crippen molar-refractivity contribution in [3.05, 3.63) is 56.2 Å². The van der Waals surface area contributed by atoms with Gasteiger partial charge in [-0.15, -0.1) is 0 Å². The number of imidazole rings is 3. The third kappa shape index (κ3) is 65.2. The Labute approximate surface area is 194 Å². The number of aryl methyl sites for hydroxylation is 3. The van der Waals surface area contributed by atoms with Gasteiger partial charge in [-0.05, 0) is 0 Å². The summed E-state index contributed by atoms with van der Waals surface area (Å²) in [7, 11) is -5.84. The van der Waals surface area contributed by atoms with Crippen LogP contribution in [0.5, 0.6) is 0 Å². The molecule has 15 nitrogen and oxygen atoms in total. The molecule has 0 saturated heterocycles. The first kappa shape index (κ1) is 35.0. The molecule has 0 atom stereocenters. The first-order valence-electron chi connectivity index (χ1n) is 8.35. The summed E-state index contributed by atoms with van der Waals surface area (Å²) in [6.07, 6.45) is 18.9. The molecule has 0 spiro atoms. The Morgan fingerprint density at radius 1 is 0.515 bits per heavy atom. The summed E-state index contributed by atoms with van der Waals surface area (Å²) in [6.45, 7) is 0. The molecule has 0 amide bonds. The van der Waals surface area contributed by atoms with E-state index < -0.39 is 30.4 Å². The molecule has 3 heterocycles. The zero-order valence-corrected chi connectivity index (χ0v) is 21.4. The Balaban J connectivity index is -0.000000329. The van der Waals surface area contributed by atoms with E-state index in [1.807, 2.05) is 91.0 Å². The largest absolute Gasteiger partial charge is 0.748 e. The van der Waals surface area contributed by atoms with E-state index in [0.717, 1.165) is 0 Å². The maximum atomic E-state index is 9.08. The topological polar surface area (TPSA) is 231 Å². The molecule has 3 N–H and O–H groups in total. The maximum Gasteiger partial charge on any atom is 0.241 e. The van der Waals surface area contributed by atoms with Crippen LogP contribution in [-0.4, -0.2) is 72.6 Å². The van der Waals surface area contributed by atoms with E-state index in [0.29, 0.717) is 18.8 Å². The first-order chi connectivity index (χ1) is 14.7. The van der Waals surface area contributed by atoms with Crippen molar-refractivity contribution in [1.29, 1.82) is 0 Å². The summed E-state index contributed by atoms with van der Waals surface area (Å²) in [4.78, 5) is 8.68. The van der Waals surface area contributed by atoms with E-state index >= 15 is 0 Å². The second kappa shape index (κ2) is 17.9. The van der Waals surface area contributed by atoms with E-state index in [-0.39, 0.29) is 0 Å². The molecule has 0 aliphatic heterocycles. The number of hydrogen-bond acceptors (Lipinski definition) is 9. The number of nitrogens with one attached hydrogen (secondary N) is 3. The van der Waals surface area contributed by atoms with Gasteiger partial charge in [0.05, 0.1) is 51.5 Å². The average Bonchev–Trinajstić information content (AvgIpc) is 3.29. The van der Waals surface area contributed by atoms with Gasteiger partial charge in [-0.25, -0.2) is 39.0 Å². The summed E-state index contributed by atoms with van der Waals surface area (Å²) >= 11 is 0. The summed E-state index contributed by atoms with van der Waals surface area (Å²) in [5.41, 5.74) is 0. The Hall–Kier alpha value is -2.64. The van der Waals surface area contributed by atoms with Gasteiger partial charge in [0, 0.05) is 18.8 Å². The molecule has 3 aromatic rings. The quantitative estimate of drug-likeness (QED) is 0.197. The maximum absolute atomic E-state index is 9.08. The predicted octanol–water partition coefficient (Wildman–Crippen LogP) is -3.00. The zero-order valence-electron chi connectivity index (χ0n) is 18.9. The smallest absolute Gasteiger partial charge is 0.241 e. The van der Waals surface area contributed by atoms with Crippen molar-refractivity contribution in [1.82, 2.24) is 15.0 Å². The molecule has 192 valence electrons. The van der Waals surface area contributed by atoms with Gasteiger partial charge in [0.1, 0.15) is 37.2 Å². The number of nitrogens with zero attached hydrogens (tertiary/aromatic N) is 3. The molecule has 0 unspecified atom stereocenters. The number of rotatable bonds is 0. The van der Waals surface area contributed by atoms with Crippen molar-refractivity contribution in [3.63, 3.8) is 0 Å². The lowest BCUT2D eigenvalue weighted by Gasteiger charge is -1.90. The molecule has 0 saturated carbocycles. The van der Waals surface area contributed by atoms with Crippen molar-refractivity contribution >= 4 is 30.4 Å². The fourth-order valence-corrected chi connectivity index (χ4v) is 1.09. The van der Waals surface area contributed by atoms with Crippen LogP contribution in [0.1, 0.15) is 0 Å². The van der Waals surface area contributed by atoms with Crippen LogP contribution in [0, 0.1) is 0 Å². The molecule has 0 radical (unpaired) electrons. The van der Waals surface area contributed by atoms with Crippen LogP contribution in [-0.2, 0) is 51.5 Å². The second-order valence-electron chi connectivity index (χ2n) is 5.94. The summed E-state index contributed by atoms with van der Waals surface area (Å²) < 4.78 is 87.5. The monoisotopic (exact) mass is 534 g/mol. The summed E-state index contributed by atoms with van der Waals surface area (Å²) in [5.74, 6) is 0. The van der Waals surface area contributed by atoms with Crippen molar-refractivity contribution in [2.24, 2.45) is 21.1 Å². The third-order valence-electron chi connectivity index (χ3n) is 2.05. The van der Waals surface area contributed by atoms with Crippen molar-refractivity contribution in [3.8, 4) is 0 Å². The lowest BCUT2D eigenvalue weighted by atomic mass is 10.9. The van der Waals surface area contributed by atoms with Crippen molar-refractivity contribution in [2.45, 2.75) is 0 Å². The number of aromatic nitrogens is 6. The highest BCUT2D eigenvalue weighted by Gasteiger charge is 1.79. The molecule has 0 aliphatic rings. The lowest BCUT2D eigenvalue weighted by Crippen LogP contribution is -2.22. The van der Waals surface area contributed by atoms with Crippen LogP contribution in [0.3, 0.4) is 0 Å². The van der Waals surface area contributed by atoms with Crippen LogP contribution < -0.4 is 13.7 Å². The second-order valence-corrected chi connectivity index (χ2v) is 10.2. The minimum Gasteiger partial charge on any atom is -0.748 e. The van der Waals surface area contributed by atoms with Gasteiger partial charge in [0.25, 0.3) is 0 Å². The van der Waals surface area contributed by atoms with E-state index in [9.17, 15) is 0 Å². The molecular weight excluding hydrogens is 504 g/mol. The van der Waals surface area contributed by atoms with Crippen LogP contribution in [0.15, 0.2) is 56.2 Å². The molecule has 0 bridgehead atoms. The minimum absolute atomic E-state index is 0.604. The van der Waals surface area contributed by atoms with Crippen LogP contribution in [0.25, 0.3) is 0 Å². The van der Waals surface area contributed by atoms with Crippen molar-refractivity contribution < 1.29 is 52.6 Å². The van der Waals surface area contributed by atoms with Gasteiger partial charge < -0.3 is 13.7 Å². The Morgan fingerprint density at radius 3 is 0.697 bits per heavy atom. The number of aromatic amines is 3. The Morgan fingerprint density at radius 2 is 0.667 bits per heavy atom. The first-order valence-corrected chi connectivity index (χ1v) is 13.8. The summed E-state index contributed by atoms with van der Waals surface area (Å²) in [6, 6.07) is 0. The van der Waals surface area contributed by atoms with Gasteiger partial charge in [0.15, 0.2) is 0 Å². The molecule has 0 aromatic carbocycles. The molecule has 0 aliphatic carbocycles. The molecule has 0 fully saturated rings. The van der Waals surface area contributed by atoms with Crippen LogP contribution >= 0.6 is 0 Å². The molecule has 18 heteroatoms. The normalized spacial score (nSPS) is 10.1. The minimum atomic E-state index is -3.92. The Kier molecular flexibility index (Phi) is 18.9. The Bertz CT molecular complexity index is 954. The van der Waals surface area contributed by atoms with E-state index in [1.165, 1.54) is 0 Å². The highest BCUT2D eigenvalue weighted by Crippen LogP contribution is 1.62. The predicted molar refractivity (Wildman–Crippen MR) is 113 cm³/mol. The van der Waals surface area contributed by atoms with E-state index in [2.05, 4.69) is 15.0 Å². The van der Waals surface area contributed by atoms with Gasteiger partial charge in [-0.1, -0.05) is 0 Å². The SMILES string of the molecule is CS(=O)(=O)[O-].CS(=O)(=O)[O-].CS(=O)(=O)[O-].C[n+]1cc[nH]c1.C[n+]1cc[nH]c1.C[n+]1cc[nH]c1. The number of hydrogen-bond donors (Lipinski definition) is 3. The molecule has 33 heavy (non-hydrogen) atoms. The lowest BCUT2D eigenvalue weighted by molar-refractivity contribution is -0.670. The molecule has 3 rings (SSSR count). The van der Waals surface area contributed by atoms with Gasteiger partial charge in [0.2, 0.25) is 19.0 Å². The highest BCUT2D eigenvalue weighted by molar-refractivity contribution is 7.85. The van der Waals surface area contributed by atoms with Gasteiger partial charge in [-0.2, -0.15) is 0 Å². The number of H-pyrrole nitrogens is 3. The van der Waals surface area contributed by atoms with Gasteiger partial charge in [-0.3, -0.25) is 15.0 Å². The van der Waals surface area contributed by atoms with Crippen LogP contribution in [0.4, 0.5) is 0 Å². The zero-order chi connectivity index (χ0) is 26.7. The van der Waals surface area contributed by atoms with E-state index in [1.54, 1.807) is 0 Å². The van der Waals surface area contributed by atoms with E-state index in [4.69, 9.17) is 38.9 Å². The highest BCUT2D eigenvalue weighted by atomic mass is 32.2. The van der Waals surface area contributed by atoms with Gasteiger partial charge >= 0.3 is 0 Å². The van der Waals surface area contributed by atoms with Crippen molar-refractivity contribution in [2.75, 3.05) is 18.8 Å². The summed E-state index contributed by atoms with van der Waals surface area (Å²) in [5, 5.41) is 0. The molecular formula is C15H30N6O9S3. The van der Waals surface area contributed by atoms with Crippen LogP contribution in [0.2, 0.25) is 0 Å². The molecule has 3 aromatic heterocycles.